The molecule has 5 rings (SSSR count). The molecule has 2 aromatic heterocycles. The Balaban J connectivity index is 1.14. The van der Waals surface area contributed by atoms with Gasteiger partial charge in [-0.05, 0) is 55.0 Å². The van der Waals surface area contributed by atoms with Gasteiger partial charge >= 0.3 is 0 Å². The summed E-state index contributed by atoms with van der Waals surface area (Å²) in [5, 5.41) is 15.2. The van der Waals surface area contributed by atoms with Crippen molar-refractivity contribution in [3.63, 3.8) is 0 Å². The van der Waals surface area contributed by atoms with Crippen LogP contribution in [0.1, 0.15) is 12.5 Å². The average molecular weight is 590 g/mol. The quantitative estimate of drug-likeness (QED) is 0.140. The molecule has 0 fully saturated rings. The number of carbonyl (C=O) groups excluding carboxylic acids is 2. The van der Waals surface area contributed by atoms with Crippen molar-refractivity contribution in [1.29, 1.82) is 0 Å². The number of hydrogen-bond donors (Lipinski definition) is 3. The van der Waals surface area contributed by atoms with Gasteiger partial charge in [-0.15, -0.1) is 21.5 Å². The Morgan fingerprint density at radius 1 is 0.950 bits per heavy atom. The van der Waals surface area contributed by atoms with Crippen LogP contribution in [0, 0.1) is 0 Å². The molecule has 12 heteroatoms. The summed E-state index contributed by atoms with van der Waals surface area (Å²) in [6.07, 6.45) is 0. The fraction of sp³-hybridized carbons (Fsp3) is 0.179. The third-order valence-electron chi connectivity index (χ3n) is 5.85. The van der Waals surface area contributed by atoms with Crippen molar-refractivity contribution in [2.45, 2.75) is 29.5 Å². The molecule has 0 radical (unpaired) electrons. The van der Waals surface area contributed by atoms with E-state index < -0.39 is 0 Å². The van der Waals surface area contributed by atoms with E-state index in [1.807, 2.05) is 84.3 Å². The molecule has 40 heavy (non-hydrogen) atoms. The van der Waals surface area contributed by atoms with Crippen LogP contribution >= 0.6 is 34.9 Å². The second kappa shape index (κ2) is 13.0. The minimum Gasteiger partial charge on any atom is -0.399 e. The molecule has 0 saturated heterocycles. The highest BCUT2D eigenvalue weighted by atomic mass is 32.2. The lowest BCUT2D eigenvalue weighted by Crippen LogP contribution is -2.24. The predicted molar refractivity (Wildman–Crippen MR) is 164 cm³/mol. The molecule has 0 saturated carbocycles. The van der Waals surface area contributed by atoms with Gasteiger partial charge in [0.15, 0.2) is 15.3 Å². The number of nitrogen functional groups attached to an aromatic ring is 1. The molecule has 2 heterocycles. The standard InChI is InChI=1S/C28H27N7O2S3/c1-2-35-26(19-8-10-20(29)11-9-19)33-34-27(35)38-17-25(37)31-21-12-13-22-23(14-21)40-28(32-22)39-16-24(36)30-15-18-6-4-3-5-7-18/h3-14H,2,15-17,29H2,1H3,(H,30,36)(H,31,37). The summed E-state index contributed by atoms with van der Waals surface area (Å²) < 4.78 is 3.73. The van der Waals surface area contributed by atoms with E-state index in [0.29, 0.717) is 29.6 Å². The topological polar surface area (TPSA) is 128 Å². The molecule has 4 N–H and O–H groups in total. The van der Waals surface area contributed by atoms with Gasteiger partial charge in [0.2, 0.25) is 11.8 Å². The molecular formula is C28H27N7O2S3. The fourth-order valence-corrected chi connectivity index (χ4v) is 6.61. The van der Waals surface area contributed by atoms with Crippen LogP contribution in [0.2, 0.25) is 0 Å². The highest BCUT2D eigenvalue weighted by Crippen LogP contribution is 2.31. The summed E-state index contributed by atoms with van der Waals surface area (Å²) in [6, 6.07) is 22.9. The Hall–Kier alpha value is -3.87. The molecule has 5 aromatic rings. The zero-order valence-corrected chi connectivity index (χ0v) is 24.1. The Morgan fingerprint density at radius 3 is 2.50 bits per heavy atom. The smallest absolute Gasteiger partial charge is 0.234 e. The molecular weight excluding hydrogens is 563 g/mol. The minimum absolute atomic E-state index is 0.0435. The molecule has 3 aromatic carbocycles. The number of anilines is 2. The molecule has 0 aliphatic rings. The summed E-state index contributed by atoms with van der Waals surface area (Å²) in [5.74, 6) is 1.04. The van der Waals surface area contributed by atoms with Crippen LogP contribution in [0.5, 0.6) is 0 Å². The van der Waals surface area contributed by atoms with E-state index in [1.54, 1.807) is 0 Å². The first kappa shape index (κ1) is 27.7. The highest BCUT2D eigenvalue weighted by Gasteiger charge is 2.15. The first-order valence-electron chi connectivity index (χ1n) is 12.5. The van der Waals surface area contributed by atoms with Crippen LogP contribution < -0.4 is 16.4 Å². The minimum atomic E-state index is -0.141. The van der Waals surface area contributed by atoms with Gasteiger partial charge in [0.1, 0.15) is 0 Å². The van der Waals surface area contributed by atoms with E-state index in [4.69, 9.17) is 5.73 Å². The maximum absolute atomic E-state index is 12.7. The van der Waals surface area contributed by atoms with Gasteiger partial charge in [0.25, 0.3) is 0 Å². The number of rotatable bonds is 11. The second-order valence-electron chi connectivity index (χ2n) is 8.72. The molecule has 2 amide bonds. The Labute approximate surface area is 244 Å². The number of benzene rings is 3. The van der Waals surface area contributed by atoms with Gasteiger partial charge in [-0.2, -0.15) is 0 Å². The van der Waals surface area contributed by atoms with Crippen LogP contribution in [-0.2, 0) is 22.7 Å². The van der Waals surface area contributed by atoms with E-state index in [1.165, 1.54) is 34.9 Å². The van der Waals surface area contributed by atoms with Crippen molar-refractivity contribution in [2.75, 3.05) is 22.6 Å². The van der Waals surface area contributed by atoms with Crippen molar-refractivity contribution < 1.29 is 9.59 Å². The lowest BCUT2D eigenvalue weighted by atomic mass is 10.2. The number of amides is 2. The van der Waals surface area contributed by atoms with E-state index in [2.05, 4.69) is 25.8 Å². The number of nitrogens with one attached hydrogen (secondary N) is 2. The lowest BCUT2D eigenvalue weighted by molar-refractivity contribution is -0.118. The summed E-state index contributed by atoms with van der Waals surface area (Å²) in [7, 11) is 0. The van der Waals surface area contributed by atoms with Crippen LogP contribution in [0.3, 0.4) is 0 Å². The SMILES string of the molecule is CCn1c(SCC(=O)Nc2ccc3nc(SCC(=O)NCc4ccccc4)sc3c2)nnc1-c1ccc(N)cc1. The highest BCUT2D eigenvalue weighted by molar-refractivity contribution is 8.01. The van der Waals surface area contributed by atoms with E-state index in [0.717, 1.165) is 31.5 Å². The first-order chi connectivity index (χ1) is 19.5. The molecule has 0 unspecified atom stereocenters. The normalized spacial score (nSPS) is 11.0. The van der Waals surface area contributed by atoms with Crippen molar-refractivity contribution in [3.05, 3.63) is 78.4 Å². The lowest BCUT2D eigenvalue weighted by Gasteiger charge is -2.08. The zero-order chi connectivity index (χ0) is 27.9. The molecule has 0 aliphatic carbocycles. The Morgan fingerprint density at radius 2 is 1.73 bits per heavy atom. The zero-order valence-electron chi connectivity index (χ0n) is 21.7. The molecule has 0 aliphatic heterocycles. The number of thioether (sulfide) groups is 2. The third kappa shape index (κ3) is 7.00. The van der Waals surface area contributed by atoms with Gasteiger partial charge in [0.05, 0.1) is 21.7 Å². The molecule has 204 valence electrons. The summed E-state index contributed by atoms with van der Waals surface area (Å²) in [6.45, 7) is 3.19. The number of nitrogens with two attached hydrogens (primary N) is 1. The van der Waals surface area contributed by atoms with Crippen LogP contribution in [0.25, 0.3) is 21.6 Å². The fourth-order valence-electron chi connectivity index (χ4n) is 3.87. The van der Waals surface area contributed by atoms with Crippen LogP contribution in [-0.4, -0.2) is 43.1 Å². The largest absolute Gasteiger partial charge is 0.399 e. The number of aromatic nitrogens is 4. The van der Waals surface area contributed by atoms with Crippen LogP contribution in [0.15, 0.2) is 82.3 Å². The van der Waals surface area contributed by atoms with Gasteiger partial charge in [0, 0.05) is 30.0 Å². The predicted octanol–water partition coefficient (Wildman–Crippen LogP) is 5.30. The monoisotopic (exact) mass is 589 g/mol. The Kier molecular flexibility index (Phi) is 8.99. The summed E-state index contributed by atoms with van der Waals surface area (Å²) in [4.78, 5) is 29.6. The maximum Gasteiger partial charge on any atom is 0.234 e. The first-order valence-corrected chi connectivity index (χ1v) is 15.3. The number of thiazole rings is 1. The van der Waals surface area contributed by atoms with Crippen LogP contribution in [0.4, 0.5) is 11.4 Å². The van der Waals surface area contributed by atoms with Crippen molar-refractivity contribution in [1.82, 2.24) is 25.1 Å². The number of hydrogen-bond acceptors (Lipinski definition) is 9. The second-order valence-corrected chi connectivity index (χ2v) is 11.9. The number of nitrogens with zero attached hydrogens (tertiary/aromatic N) is 4. The molecule has 0 bridgehead atoms. The van der Waals surface area contributed by atoms with E-state index >= 15 is 0 Å². The van der Waals surface area contributed by atoms with Gasteiger partial charge < -0.3 is 20.9 Å². The number of carbonyl (C=O) groups is 2. The number of fused-ring (bicyclic) bond motifs is 1. The van der Waals surface area contributed by atoms with Gasteiger partial charge in [-0.25, -0.2) is 4.98 Å². The molecule has 0 spiro atoms. The van der Waals surface area contributed by atoms with Gasteiger partial charge in [-0.1, -0.05) is 53.9 Å². The van der Waals surface area contributed by atoms with Crippen molar-refractivity contribution in [2.24, 2.45) is 0 Å². The van der Waals surface area contributed by atoms with Crippen molar-refractivity contribution in [3.8, 4) is 11.4 Å². The Bertz CT molecular complexity index is 1620. The van der Waals surface area contributed by atoms with E-state index in [9.17, 15) is 9.59 Å². The maximum atomic E-state index is 12.7. The van der Waals surface area contributed by atoms with Crippen molar-refractivity contribution >= 4 is 68.3 Å². The summed E-state index contributed by atoms with van der Waals surface area (Å²) in [5.41, 5.74) is 9.99. The average Bonchev–Trinajstić information content (AvgIpc) is 3.58. The molecule has 9 nitrogen and oxygen atoms in total. The summed E-state index contributed by atoms with van der Waals surface area (Å²) >= 11 is 4.24. The van der Waals surface area contributed by atoms with Gasteiger partial charge in [-0.3, -0.25) is 9.59 Å². The molecule has 0 atom stereocenters. The third-order valence-corrected chi connectivity index (χ3v) is 8.97. The van der Waals surface area contributed by atoms with E-state index in [-0.39, 0.29) is 23.3 Å².